The molecule has 0 radical (unpaired) electrons. The van der Waals surface area contributed by atoms with Crippen LogP contribution in [0, 0.1) is 17.7 Å². The molecule has 1 rings (SSSR count). The van der Waals surface area contributed by atoms with E-state index in [4.69, 9.17) is 15.0 Å². The van der Waals surface area contributed by atoms with E-state index in [-0.39, 0.29) is 18.9 Å². The van der Waals surface area contributed by atoms with Crippen LogP contribution in [0.25, 0.3) is 10.4 Å². The summed E-state index contributed by atoms with van der Waals surface area (Å²) in [5.41, 5.74) is 8.33. The van der Waals surface area contributed by atoms with Gasteiger partial charge in [0.25, 0.3) is 0 Å². The highest BCUT2D eigenvalue weighted by Gasteiger charge is 2.01. The molecule has 0 aliphatic rings. The second-order valence-electron chi connectivity index (χ2n) is 3.20. The van der Waals surface area contributed by atoms with Crippen LogP contribution in [-0.2, 0) is 4.74 Å². The largest absolute Gasteiger partial charge is 0.467 e. The Bertz CT molecular complexity index is 502. The first-order valence-electron chi connectivity index (χ1n) is 5.19. The van der Waals surface area contributed by atoms with Gasteiger partial charge in [-0.15, -0.1) is 0 Å². The third-order valence-corrected chi connectivity index (χ3v) is 1.91. The molecule has 0 spiro atoms. The number of ether oxygens (including phenoxy) is 2. The van der Waals surface area contributed by atoms with E-state index in [0.29, 0.717) is 12.2 Å². The lowest BCUT2D eigenvalue weighted by atomic mass is 10.2. The second kappa shape index (κ2) is 7.96. The summed E-state index contributed by atoms with van der Waals surface area (Å²) in [6.07, 6.45) is 0.394. The minimum absolute atomic E-state index is 0.0661. The highest BCUT2D eigenvalue weighted by Crippen LogP contribution is 2.15. The first-order chi connectivity index (χ1) is 8.77. The van der Waals surface area contributed by atoms with Crippen molar-refractivity contribution in [2.24, 2.45) is 5.11 Å². The van der Waals surface area contributed by atoms with Crippen molar-refractivity contribution in [3.05, 3.63) is 40.0 Å². The molecular formula is C12H12FN3O2. The van der Waals surface area contributed by atoms with E-state index >= 15 is 0 Å². The maximum Gasteiger partial charge on any atom is 0.188 e. The lowest BCUT2D eigenvalue weighted by molar-refractivity contribution is 0.0509. The summed E-state index contributed by atoms with van der Waals surface area (Å²) < 4.78 is 23.3. The molecule has 0 unspecified atom stereocenters. The van der Waals surface area contributed by atoms with Crippen LogP contribution in [0.3, 0.4) is 0 Å². The van der Waals surface area contributed by atoms with Gasteiger partial charge in [-0.25, -0.2) is 4.39 Å². The van der Waals surface area contributed by atoms with Crippen molar-refractivity contribution in [1.29, 1.82) is 0 Å². The second-order valence-corrected chi connectivity index (χ2v) is 3.20. The van der Waals surface area contributed by atoms with Gasteiger partial charge >= 0.3 is 0 Å². The van der Waals surface area contributed by atoms with E-state index in [9.17, 15) is 4.39 Å². The molecule has 1 aromatic carbocycles. The van der Waals surface area contributed by atoms with Crippen molar-refractivity contribution in [2.45, 2.75) is 6.42 Å². The van der Waals surface area contributed by atoms with Crippen LogP contribution in [0.15, 0.2) is 23.3 Å². The van der Waals surface area contributed by atoms with E-state index in [1.165, 1.54) is 19.2 Å². The van der Waals surface area contributed by atoms with Crippen LogP contribution >= 0.6 is 0 Å². The first-order valence-corrected chi connectivity index (χ1v) is 5.19. The number of benzene rings is 1. The van der Waals surface area contributed by atoms with Crippen molar-refractivity contribution >= 4 is 0 Å². The molecule has 0 aliphatic heterocycles. The highest BCUT2D eigenvalue weighted by atomic mass is 19.1. The molecule has 18 heavy (non-hydrogen) atoms. The standard InChI is InChI=1S/C12H12FN3O2/c1-17-9-18-11-6-5-10(12(13)8-11)4-2-3-7-15-16-14/h5-6,8H,3,7,9H2,1H3. The third kappa shape index (κ3) is 4.74. The Morgan fingerprint density at radius 1 is 1.50 bits per heavy atom. The van der Waals surface area contributed by atoms with Crippen molar-refractivity contribution in [1.82, 2.24) is 0 Å². The Labute approximate surface area is 104 Å². The van der Waals surface area contributed by atoms with Crippen molar-refractivity contribution in [2.75, 3.05) is 20.4 Å². The Balaban J connectivity index is 2.64. The average Bonchev–Trinajstić information content (AvgIpc) is 2.38. The summed E-state index contributed by atoms with van der Waals surface area (Å²) in [7, 11) is 1.49. The van der Waals surface area contributed by atoms with Gasteiger partial charge in [0, 0.05) is 31.1 Å². The molecule has 94 valence electrons. The van der Waals surface area contributed by atoms with Crippen LogP contribution in [0.5, 0.6) is 5.75 Å². The van der Waals surface area contributed by atoms with Gasteiger partial charge in [-0.05, 0) is 17.7 Å². The third-order valence-electron chi connectivity index (χ3n) is 1.91. The van der Waals surface area contributed by atoms with Gasteiger partial charge in [0.2, 0.25) is 0 Å². The maximum absolute atomic E-state index is 13.5. The fourth-order valence-electron chi connectivity index (χ4n) is 1.12. The van der Waals surface area contributed by atoms with E-state index in [1.807, 2.05) is 0 Å². The van der Waals surface area contributed by atoms with Crippen LogP contribution < -0.4 is 4.74 Å². The molecule has 1 aromatic rings. The monoisotopic (exact) mass is 249 g/mol. The zero-order chi connectivity index (χ0) is 13.2. The van der Waals surface area contributed by atoms with Gasteiger partial charge in [-0.1, -0.05) is 17.0 Å². The van der Waals surface area contributed by atoms with Gasteiger partial charge in [0.1, 0.15) is 11.6 Å². The molecular weight excluding hydrogens is 237 g/mol. The zero-order valence-corrected chi connectivity index (χ0v) is 9.89. The van der Waals surface area contributed by atoms with Crippen molar-refractivity contribution in [3.63, 3.8) is 0 Å². The predicted octanol–water partition coefficient (Wildman–Crippen LogP) is 2.86. The van der Waals surface area contributed by atoms with E-state index in [0.717, 1.165) is 0 Å². The summed E-state index contributed by atoms with van der Waals surface area (Å²) >= 11 is 0. The predicted molar refractivity (Wildman–Crippen MR) is 64.4 cm³/mol. The normalized spacial score (nSPS) is 9.00. The number of azide groups is 1. The van der Waals surface area contributed by atoms with Crippen LogP contribution in [0.2, 0.25) is 0 Å². The van der Waals surface area contributed by atoms with Gasteiger partial charge < -0.3 is 9.47 Å². The molecule has 0 heterocycles. The molecule has 0 saturated heterocycles. The zero-order valence-electron chi connectivity index (χ0n) is 9.89. The minimum atomic E-state index is -0.458. The molecule has 5 nitrogen and oxygen atoms in total. The summed E-state index contributed by atoms with van der Waals surface area (Å²) in [6.45, 7) is 0.344. The Hall–Kier alpha value is -2.22. The molecule has 0 atom stereocenters. The highest BCUT2D eigenvalue weighted by molar-refractivity contribution is 5.39. The topological polar surface area (TPSA) is 67.2 Å². The summed E-state index contributed by atoms with van der Waals surface area (Å²) in [5.74, 6) is 5.30. The molecule has 0 saturated carbocycles. The molecule has 0 aliphatic carbocycles. The fourth-order valence-corrected chi connectivity index (χ4v) is 1.12. The summed E-state index contributed by atoms with van der Waals surface area (Å²) in [4.78, 5) is 2.59. The average molecular weight is 249 g/mol. The number of halogens is 1. The van der Waals surface area contributed by atoms with Crippen LogP contribution in [0.4, 0.5) is 4.39 Å². The van der Waals surface area contributed by atoms with Gasteiger partial charge in [0.15, 0.2) is 6.79 Å². The number of methoxy groups -OCH3 is 1. The number of nitrogens with zero attached hydrogens (tertiary/aromatic N) is 3. The minimum Gasteiger partial charge on any atom is -0.467 e. The fraction of sp³-hybridized carbons (Fsp3) is 0.333. The molecule has 0 fully saturated rings. The number of rotatable bonds is 5. The van der Waals surface area contributed by atoms with E-state index in [1.54, 1.807) is 6.07 Å². The number of hydrogen-bond acceptors (Lipinski definition) is 3. The molecule has 0 bridgehead atoms. The molecule has 0 amide bonds. The van der Waals surface area contributed by atoms with Crippen molar-refractivity contribution < 1.29 is 13.9 Å². The van der Waals surface area contributed by atoms with Crippen molar-refractivity contribution in [3.8, 4) is 17.6 Å². The molecule has 0 aromatic heterocycles. The smallest absolute Gasteiger partial charge is 0.188 e. The Morgan fingerprint density at radius 3 is 3.00 bits per heavy atom. The van der Waals surface area contributed by atoms with E-state index < -0.39 is 5.82 Å². The Morgan fingerprint density at radius 2 is 2.33 bits per heavy atom. The molecule has 0 N–H and O–H groups in total. The first kappa shape index (κ1) is 13.8. The number of hydrogen-bond donors (Lipinski definition) is 0. The van der Waals surface area contributed by atoms with E-state index in [2.05, 4.69) is 21.9 Å². The summed E-state index contributed by atoms with van der Waals surface area (Å²) in [5, 5.41) is 3.32. The molecule has 6 heteroatoms. The lowest BCUT2D eigenvalue weighted by Gasteiger charge is -2.04. The maximum atomic E-state index is 13.5. The Kier molecular flexibility index (Phi) is 6.12. The van der Waals surface area contributed by atoms with Gasteiger partial charge in [-0.2, -0.15) is 0 Å². The van der Waals surface area contributed by atoms with Gasteiger partial charge in [0.05, 0.1) is 5.56 Å². The SMILES string of the molecule is COCOc1ccc(C#CCCN=[N+]=[N-])c(F)c1. The van der Waals surface area contributed by atoms with Crippen LogP contribution in [-0.4, -0.2) is 20.4 Å². The lowest BCUT2D eigenvalue weighted by Crippen LogP contribution is -1.99. The summed E-state index contributed by atoms with van der Waals surface area (Å²) in [6, 6.07) is 4.39. The quantitative estimate of drug-likeness (QED) is 0.201. The van der Waals surface area contributed by atoms with Gasteiger partial charge in [-0.3, -0.25) is 0 Å². The van der Waals surface area contributed by atoms with Crippen LogP contribution in [0.1, 0.15) is 12.0 Å².